The Balaban J connectivity index is 1.72. The van der Waals surface area contributed by atoms with Gasteiger partial charge >= 0.3 is 0 Å². The van der Waals surface area contributed by atoms with Gasteiger partial charge in [0.2, 0.25) is 5.91 Å². The van der Waals surface area contributed by atoms with E-state index in [1.165, 1.54) is 18.2 Å². The number of rotatable bonds is 5. The smallest absolute Gasteiger partial charge is 0.234 e. The minimum Gasteiger partial charge on any atom is -0.396 e. The van der Waals surface area contributed by atoms with Gasteiger partial charge in [-0.1, -0.05) is 0 Å². The summed E-state index contributed by atoms with van der Waals surface area (Å²) < 4.78 is 18.4. The van der Waals surface area contributed by atoms with Gasteiger partial charge in [0.05, 0.1) is 17.5 Å². The Hall–Kier alpha value is -1.27. The second kappa shape index (κ2) is 6.77. The number of nitrogens with two attached hydrogens (primary N) is 1. The first-order valence-electron chi connectivity index (χ1n) is 6.19. The van der Waals surface area contributed by atoms with Crippen molar-refractivity contribution < 1.29 is 13.9 Å². The maximum Gasteiger partial charge on any atom is 0.234 e. The number of hydrogen-bond donors (Lipinski definition) is 2. The summed E-state index contributed by atoms with van der Waals surface area (Å²) in [5, 5.41) is 2.69. The third-order valence-corrected chi connectivity index (χ3v) is 3.91. The van der Waals surface area contributed by atoms with Gasteiger partial charge in [-0.15, -0.1) is 11.8 Å². The molecule has 1 heterocycles. The zero-order valence-electron chi connectivity index (χ0n) is 10.5. The number of anilines is 2. The Morgan fingerprint density at radius 2 is 2.42 bits per heavy atom. The summed E-state index contributed by atoms with van der Waals surface area (Å²) in [5.41, 5.74) is 5.98. The fourth-order valence-electron chi connectivity index (χ4n) is 1.88. The standard InChI is InChI=1S/C13H17FN2O2S/c14-11-4-3-9(6-12(11)15)16-13(17)8-19-7-10-2-1-5-18-10/h3-4,6,10H,1-2,5,7-8,15H2,(H,16,17). The van der Waals surface area contributed by atoms with Crippen molar-refractivity contribution in [3.8, 4) is 0 Å². The number of nitrogen functional groups attached to an aromatic ring is 1. The van der Waals surface area contributed by atoms with Crippen LogP contribution in [0, 0.1) is 5.82 Å². The van der Waals surface area contributed by atoms with Crippen molar-refractivity contribution in [1.29, 1.82) is 0 Å². The van der Waals surface area contributed by atoms with Gasteiger partial charge in [-0.05, 0) is 31.0 Å². The Kier molecular flexibility index (Phi) is 5.04. The molecule has 0 saturated carbocycles. The number of benzene rings is 1. The Bertz CT molecular complexity index is 450. The molecule has 1 fully saturated rings. The molecule has 19 heavy (non-hydrogen) atoms. The minimum absolute atomic E-state index is 0.0322. The number of carbonyl (C=O) groups is 1. The van der Waals surface area contributed by atoms with Gasteiger partial charge in [-0.25, -0.2) is 4.39 Å². The highest BCUT2D eigenvalue weighted by molar-refractivity contribution is 8.00. The molecule has 3 N–H and O–H groups in total. The topological polar surface area (TPSA) is 64.3 Å². The first-order valence-corrected chi connectivity index (χ1v) is 7.35. The summed E-state index contributed by atoms with van der Waals surface area (Å²) in [6.45, 7) is 0.826. The summed E-state index contributed by atoms with van der Waals surface area (Å²) in [6, 6.07) is 4.15. The number of amides is 1. The molecule has 2 rings (SSSR count). The molecular weight excluding hydrogens is 267 g/mol. The van der Waals surface area contributed by atoms with Crippen molar-refractivity contribution in [2.24, 2.45) is 0 Å². The van der Waals surface area contributed by atoms with E-state index in [2.05, 4.69) is 5.32 Å². The lowest BCUT2D eigenvalue weighted by atomic mass is 10.2. The molecule has 0 aromatic heterocycles. The predicted octanol–water partition coefficient (Wildman–Crippen LogP) is 2.26. The predicted molar refractivity (Wildman–Crippen MR) is 75.7 cm³/mol. The quantitative estimate of drug-likeness (QED) is 0.814. The van der Waals surface area contributed by atoms with Crippen molar-refractivity contribution in [3.05, 3.63) is 24.0 Å². The third-order valence-electron chi connectivity index (χ3n) is 2.84. The van der Waals surface area contributed by atoms with Crippen molar-refractivity contribution in [3.63, 3.8) is 0 Å². The lowest BCUT2D eigenvalue weighted by Gasteiger charge is -2.09. The van der Waals surface area contributed by atoms with Crippen LogP contribution in [0.3, 0.4) is 0 Å². The zero-order valence-corrected chi connectivity index (χ0v) is 11.3. The number of thioether (sulfide) groups is 1. The average molecular weight is 284 g/mol. The Labute approximate surface area is 115 Å². The molecule has 1 aliphatic heterocycles. The van der Waals surface area contributed by atoms with E-state index in [1.54, 1.807) is 11.8 Å². The van der Waals surface area contributed by atoms with Crippen LogP contribution in [0.2, 0.25) is 0 Å². The summed E-state index contributed by atoms with van der Waals surface area (Å²) in [4.78, 5) is 11.7. The van der Waals surface area contributed by atoms with E-state index in [-0.39, 0.29) is 17.7 Å². The van der Waals surface area contributed by atoms with E-state index < -0.39 is 5.82 Å². The maximum atomic E-state index is 13.0. The number of ether oxygens (including phenoxy) is 1. The highest BCUT2D eigenvalue weighted by atomic mass is 32.2. The van der Waals surface area contributed by atoms with E-state index in [4.69, 9.17) is 10.5 Å². The van der Waals surface area contributed by atoms with Crippen LogP contribution in [0.1, 0.15) is 12.8 Å². The number of carbonyl (C=O) groups excluding carboxylic acids is 1. The van der Waals surface area contributed by atoms with E-state index in [1.807, 2.05) is 0 Å². The van der Waals surface area contributed by atoms with Crippen LogP contribution in [-0.2, 0) is 9.53 Å². The average Bonchev–Trinajstić information content (AvgIpc) is 2.87. The molecule has 4 nitrogen and oxygen atoms in total. The minimum atomic E-state index is -0.481. The van der Waals surface area contributed by atoms with Gasteiger partial charge in [0.25, 0.3) is 0 Å². The second-order valence-corrected chi connectivity index (χ2v) is 5.46. The molecule has 1 unspecified atom stereocenters. The van der Waals surface area contributed by atoms with Gasteiger partial charge in [0.1, 0.15) is 5.82 Å². The summed E-state index contributed by atoms with van der Waals surface area (Å²) in [5.74, 6) is 0.593. The number of halogens is 1. The van der Waals surface area contributed by atoms with Crippen LogP contribution in [0.5, 0.6) is 0 Å². The van der Waals surface area contributed by atoms with Gasteiger partial charge in [-0.2, -0.15) is 0 Å². The molecule has 1 aromatic rings. The van der Waals surface area contributed by atoms with E-state index in [0.717, 1.165) is 25.2 Å². The molecule has 1 amide bonds. The SMILES string of the molecule is Nc1cc(NC(=O)CSCC2CCCO2)ccc1F. The van der Waals surface area contributed by atoms with Gasteiger partial charge in [-0.3, -0.25) is 4.79 Å². The lowest BCUT2D eigenvalue weighted by molar-refractivity contribution is -0.113. The molecule has 104 valence electrons. The van der Waals surface area contributed by atoms with Crippen LogP contribution in [0.15, 0.2) is 18.2 Å². The highest BCUT2D eigenvalue weighted by Crippen LogP contribution is 2.18. The molecule has 0 aliphatic carbocycles. The van der Waals surface area contributed by atoms with E-state index in [0.29, 0.717) is 11.4 Å². The third kappa shape index (κ3) is 4.40. The Morgan fingerprint density at radius 1 is 1.58 bits per heavy atom. The fraction of sp³-hybridized carbons (Fsp3) is 0.462. The fourth-order valence-corrected chi connectivity index (χ4v) is 2.78. The number of hydrogen-bond acceptors (Lipinski definition) is 4. The van der Waals surface area contributed by atoms with Crippen LogP contribution in [0.25, 0.3) is 0 Å². The van der Waals surface area contributed by atoms with Crippen molar-refractivity contribution >= 4 is 29.0 Å². The van der Waals surface area contributed by atoms with Crippen LogP contribution >= 0.6 is 11.8 Å². The van der Waals surface area contributed by atoms with Crippen molar-refractivity contribution in [2.45, 2.75) is 18.9 Å². The zero-order chi connectivity index (χ0) is 13.7. The van der Waals surface area contributed by atoms with Crippen LogP contribution < -0.4 is 11.1 Å². The molecule has 0 radical (unpaired) electrons. The van der Waals surface area contributed by atoms with Gasteiger partial charge < -0.3 is 15.8 Å². The second-order valence-electron chi connectivity index (χ2n) is 4.43. The van der Waals surface area contributed by atoms with Gasteiger partial charge in [0, 0.05) is 18.0 Å². The first-order chi connectivity index (χ1) is 9.15. The Morgan fingerprint density at radius 3 is 3.11 bits per heavy atom. The van der Waals surface area contributed by atoms with E-state index in [9.17, 15) is 9.18 Å². The molecular formula is C13H17FN2O2S. The molecule has 0 spiro atoms. The van der Waals surface area contributed by atoms with Crippen LogP contribution in [-0.4, -0.2) is 30.1 Å². The normalized spacial score (nSPS) is 18.5. The largest absolute Gasteiger partial charge is 0.396 e. The molecule has 1 aromatic carbocycles. The highest BCUT2D eigenvalue weighted by Gasteiger charge is 2.15. The van der Waals surface area contributed by atoms with Gasteiger partial charge in [0.15, 0.2) is 0 Å². The molecule has 1 aliphatic rings. The molecule has 6 heteroatoms. The number of nitrogens with one attached hydrogen (secondary N) is 1. The maximum absolute atomic E-state index is 13.0. The van der Waals surface area contributed by atoms with Crippen molar-refractivity contribution in [2.75, 3.05) is 29.2 Å². The lowest BCUT2D eigenvalue weighted by Crippen LogP contribution is -2.16. The van der Waals surface area contributed by atoms with Crippen LogP contribution in [0.4, 0.5) is 15.8 Å². The first kappa shape index (κ1) is 14.1. The monoisotopic (exact) mass is 284 g/mol. The molecule has 1 atom stereocenters. The van der Waals surface area contributed by atoms with Crippen molar-refractivity contribution in [1.82, 2.24) is 0 Å². The summed E-state index contributed by atoms with van der Waals surface area (Å²) in [7, 11) is 0. The summed E-state index contributed by atoms with van der Waals surface area (Å²) >= 11 is 1.54. The van der Waals surface area contributed by atoms with E-state index >= 15 is 0 Å². The molecule has 1 saturated heterocycles. The summed E-state index contributed by atoms with van der Waals surface area (Å²) in [6.07, 6.45) is 2.45. The molecule has 0 bridgehead atoms.